The van der Waals surface area contributed by atoms with Gasteiger partial charge in [0, 0.05) is 22.7 Å². The first kappa shape index (κ1) is 29.6. The molecule has 1 aliphatic heterocycles. The Morgan fingerprint density at radius 2 is 1.83 bits per heavy atom. The Kier molecular flexibility index (Phi) is 10.3. The summed E-state index contributed by atoms with van der Waals surface area (Å²) in [6.45, 7) is 2.80. The van der Waals surface area contributed by atoms with Crippen molar-refractivity contribution in [2.45, 2.75) is 44.9 Å². The monoisotopic (exact) mass is 572 g/mol. The third kappa shape index (κ3) is 7.62. The molecule has 1 heterocycles. The SMILES string of the molecule is CCCCCCCOc1ccc(C2C(C#N)=C(N)Oc3cc(OC(=O)/C=C/c4ccc(Cl)cc4)ccc32)cc1OC. The second kappa shape index (κ2) is 14.3. The van der Waals surface area contributed by atoms with Gasteiger partial charge in [-0.3, -0.25) is 0 Å². The summed E-state index contributed by atoms with van der Waals surface area (Å²) < 4.78 is 22.9. The molecule has 0 amide bonds. The van der Waals surface area contributed by atoms with Crippen LogP contribution in [-0.4, -0.2) is 19.7 Å². The average Bonchev–Trinajstić information content (AvgIpc) is 2.98. The summed E-state index contributed by atoms with van der Waals surface area (Å²) >= 11 is 5.91. The highest BCUT2D eigenvalue weighted by molar-refractivity contribution is 6.30. The smallest absolute Gasteiger partial charge is 0.336 e. The fourth-order valence-electron chi connectivity index (χ4n) is 4.60. The zero-order valence-electron chi connectivity index (χ0n) is 23.2. The van der Waals surface area contributed by atoms with Crippen LogP contribution in [0.2, 0.25) is 5.02 Å². The number of esters is 1. The van der Waals surface area contributed by atoms with Gasteiger partial charge in [0.25, 0.3) is 0 Å². The number of rotatable bonds is 12. The molecular formula is C33H33ClN2O5. The van der Waals surface area contributed by atoms with Gasteiger partial charge >= 0.3 is 5.97 Å². The highest BCUT2D eigenvalue weighted by Crippen LogP contribution is 2.45. The molecule has 0 saturated heterocycles. The topological polar surface area (TPSA) is 104 Å². The zero-order valence-corrected chi connectivity index (χ0v) is 23.9. The average molecular weight is 573 g/mol. The molecule has 1 atom stereocenters. The summed E-state index contributed by atoms with van der Waals surface area (Å²) in [7, 11) is 1.59. The molecule has 0 bridgehead atoms. The Bertz CT molecular complexity index is 1470. The van der Waals surface area contributed by atoms with Crippen LogP contribution in [0.5, 0.6) is 23.0 Å². The van der Waals surface area contributed by atoms with E-state index in [1.54, 1.807) is 55.7 Å². The fraction of sp³-hybridized carbons (Fsp3) is 0.273. The van der Waals surface area contributed by atoms with Crippen molar-refractivity contribution in [2.24, 2.45) is 5.73 Å². The standard InChI is InChI=1S/C33H33ClN2O5/c1-3-4-5-6-7-18-39-28-16-11-23(19-30(28)38-2)32-26-15-14-25(20-29(26)41-33(36)27(32)21-35)40-31(37)17-10-22-8-12-24(34)13-9-22/h8-17,19-20,32H,3-7,18,36H2,1-2H3/b17-10+. The lowest BCUT2D eigenvalue weighted by atomic mass is 9.83. The second-order valence-electron chi connectivity index (χ2n) is 9.60. The molecule has 1 aliphatic rings. The number of carbonyl (C=O) groups is 1. The number of benzene rings is 3. The second-order valence-corrected chi connectivity index (χ2v) is 10.0. The van der Waals surface area contributed by atoms with Gasteiger partial charge in [0.2, 0.25) is 5.88 Å². The number of allylic oxidation sites excluding steroid dienone is 1. The third-order valence-corrected chi connectivity index (χ3v) is 6.97. The normalized spacial score (nSPS) is 14.2. The van der Waals surface area contributed by atoms with Gasteiger partial charge in [-0.05, 0) is 54.0 Å². The highest BCUT2D eigenvalue weighted by atomic mass is 35.5. The van der Waals surface area contributed by atoms with Crippen molar-refractivity contribution in [3.63, 3.8) is 0 Å². The summed E-state index contributed by atoms with van der Waals surface area (Å²) in [4.78, 5) is 12.4. The molecule has 8 heteroatoms. The number of nitriles is 1. The summed E-state index contributed by atoms with van der Waals surface area (Å²) in [5.74, 6) is 0.810. The fourth-order valence-corrected chi connectivity index (χ4v) is 4.73. The first-order valence-corrected chi connectivity index (χ1v) is 14.0. The van der Waals surface area contributed by atoms with Crippen molar-refractivity contribution in [1.29, 1.82) is 5.26 Å². The number of hydrogen-bond donors (Lipinski definition) is 1. The molecule has 41 heavy (non-hydrogen) atoms. The first-order chi connectivity index (χ1) is 19.9. The Labute approximate surface area is 245 Å². The van der Waals surface area contributed by atoms with Gasteiger partial charge < -0.3 is 24.7 Å². The number of ether oxygens (including phenoxy) is 4. The number of nitrogens with two attached hydrogens (primary N) is 1. The van der Waals surface area contributed by atoms with Crippen LogP contribution in [0.4, 0.5) is 0 Å². The van der Waals surface area contributed by atoms with E-state index in [0.717, 1.165) is 24.0 Å². The van der Waals surface area contributed by atoms with Gasteiger partial charge in [-0.1, -0.05) is 68.5 Å². The van der Waals surface area contributed by atoms with Gasteiger partial charge in [0.05, 0.1) is 19.6 Å². The summed E-state index contributed by atoms with van der Waals surface area (Å²) in [5, 5.41) is 10.6. The molecule has 0 radical (unpaired) electrons. The van der Waals surface area contributed by atoms with Crippen LogP contribution in [-0.2, 0) is 4.79 Å². The lowest BCUT2D eigenvalue weighted by Gasteiger charge is -2.27. The Morgan fingerprint density at radius 3 is 2.56 bits per heavy atom. The number of methoxy groups -OCH3 is 1. The van der Waals surface area contributed by atoms with Crippen molar-refractivity contribution in [3.8, 4) is 29.1 Å². The number of unbranched alkanes of at least 4 members (excludes halogenated alkanes) is 4. The van der Waals surface area contributed by atoms with E-state index in [4.69, 9.17) is 36.3 Å². The minimum Gasteiger partial charge on any atom is -0.493 e. The Morgan fingerprint density at radius 1 is 1.05 bits per heavy atom. The molecule has 1 unspecified atom stereocenters. The van der Waals surface area contributed by atoms with Crippen molar-refractivity contribution >= 4 is 23.6 Å². The van der Waals surface area contributed by atoms with Gasteiger partial charge in [-0.15, -0.1) is 0 Å². The minimum atomic E-state index is -0.556. The first-order valence-electron chi connectivity index (χ1n) is 13.6. The predicted octanol–water partition coefficient (Wildman–Crippen LogP) is 7.53. The van der Waals surface area contributed by atoms with E-state index in [9.17, 15) is 10.1 Å². The molecule has 3 aromatic rings. The molecular weight excluding hydrogens is 540 g/mol. The number of fused-ring (bicyclic) bond motifs is 1. The largest absolute Gasteiger partial charge is 0.493 e. The van der Waals surface area contributed by atoms with Crippen LogP contribution < -0.4 is 24.7 Å². The molecule has 0 spiro atoms. The van der Waals surface area contributed by atoms with E-state index >= 15 is 0 Å². The van der Waals surface area contributed by atoms with Crippen LogP contribution in [0.25, 0.3) is 6.08 Å². The van der Waals surface area contributed by atoms with Crippen LogP contribution in [0.15, 0.2) is 78.2 Å². The molecule has 0 saturated carbocycles. The maximum Gasteiger partial charge on any atom is 0.336 e. The highest BCUT2D eigenvalue weighted by Gasteiger charge is 2.31. The van der Waals surface area contributed by atoms with E-state index < -0.39 is 11.9 Å². The molecule has 0 fully saturated rings. The predicted molar refractivity (Wildman–Crippen MR) is 159 cm³/mol. The number of carbonyl (C=O) groups excluding carboxylic acids is 1. The summed E-state index contributed by atoms with van der Waals surface area (Å²) in [6.07, 6.45) is 8.69. The Hall–Kier alpha value is -4.41. The van der Waals surface area contributed by atoms with Crippen molar-refractivity contribution in [3.05, 3.63) is 99.9 Å². The van der Waals surface area contributed by atoms with Crippen LogP contribution in [0.3, 0.4) is 0 Å². The van der Waals surface area contributed by atoms with Gasteiger partial charge in [-0.25, -0.2) is 4.79 Å². The van der Waals surface area contributed by atoms with Crippen LogP contribution >= 0.6 is 11.6 Å². The van der Waals surface area contributed by atoms with Crippen molar-refractivity contribution in [1.82, 2.24) is 0 Å². The molecule has 212 valence electrons. The van der Waals surface area contributed by atoms with E-state index in [1.807, 2.05) is 18.2 Å². The lowest BCUT2D eigenvalue weighted by Crippen LogP contribution is -2.21. The van der Waals surface area contributed by atoms with Gasteiger partial charge in [0.1, 0.15) is 23.1 Å². The molecule has 3 aromatic carbocycles. The third-order valence-electron chi connectivity index (χ3n) is 6.72. The summed E-state index contributed by atoms with van der Waals surface area (Å²) in [6, 6.07) is 19.9. The number of hydrogen-bond acceptors (Lipinski definition) is 7. The molecule has 7 nitrogen and oxygen atoms in total. The van der Waals surface area contributed by atoms with E-state index in [2.05, 4.69) is 13.0 Å². The van der Waals surface area contributed by atoms with Crippen LogP contribution in [0, 0.1) is 11.3 Å². The van der Waals surface area contributed by atoms with Gasteiger partial charge in [0.15, 0.2) is 11.5 Å². The van der Waals surface area contributed by atoms with Gasteiger partial charge in [-0.2, -0.15) is 5.26 Å². The maximum absolute atomic E-state index is 12.4. The molecule has 2 N–H and O–H groups in total. The minimum absolute atomic E-state index is 0.0116. The van der Waals surface area contributed by atoms with E-state index in [1.165, 1.54) is 25.3 Å². The van der Waals surface area contributed by atoms with Crippen LogP contribution in [0.1, 0.15) is 61.6 Å². The van der Waals surface area contributed by atoms with E-state index in [-0.39, 0.29) is 17.2 Å². The van der Waals surface area contributed by atoms with Crippen molar-refractivity contribution < 1.29 is 23.7 Å². The molecule has 4 rings (SSSR count). The lowest BCUT2D eigenvalue weighted by molar-refractivity contribution is -0.128. The Balaban J connectivity index is 1.52. The van der Waals surface area contributed by atoms with Crippen molar-refractivity contribution in [2.75, 3.05) is 13.7 Å². The van der Waals surface area contributed by atoms with E-state index in [0.29, 0.717) is 34.4 Å². The molecule has 0 aliphatic carbocycles. The quantitative estimate of drug-likeness (QED) is 0.103. The summed E-state index contributed by atoms with van der Waals surface area (Å²) in [5.41, 5.74) is 8.76. The molecule has 0 aromatic heterocycles. The number of halogens is 1. The zero-order chi connectivity index (χ0) is 29.2. The number of nitrogens with zero attached hydrogens (tertiary/aromatic N) is 1. The maximum atomic E-state index is 12.4.